The molecule has 0 unspecified atom stereocenters. The number of nitrogens with zero attached hydrogens (tertiary/aromatic N) is 4. The Hall–Kier alpha value is -3.10. The second kappa shape index (κ2) is 7.73. The summed E-state index contributed by atoms with van der Waals surface area (Å²) in [6.45, 7) is 3.02. The maximum Gasteiger partial charge on any atom is 0.259 e. The van der Waals surface area contributed by atoms with E-state index in [-0.39, 0.29) is 5.91 Å². The van der Waals surface area contributed by atoms with Crippen molar-refractivity contribution in [1.82, 2.24) is 9.97 Å². The number of carbonyl (C=O) groups excluding carboxylic acids is 1. The third-order valence-corrected chi connectivity index (χ3v) is 5.72. The molecule has 2 aliphatic heterocycles. The maximum absolute atomic E-state index is 12.8. The number of rotatable bonds is 4. The lowest BCUT2D eigenvalue weighted by atomic mass is 10.0. The molecule has 0 radical (unpaired) electrons. The second-order valence-corrected chi connectivity index (χ2v) is 7.71. The number of anilines is 2. The SMILES string of the molecule is O=C(Nc1nccs1)c1cccc2c1N=C(c1cccnc1N1CCOCC1)C2. The van der Waals surface area contributed by atoms with Crippen LogP contribution in [0.2, 0.25) is 0 Å². The van der Waals surface area contributed by atoms with E-state index in [0.717, 1.165) is 41.4 Å². The van der Waals surface area contributed by atoms with Crippen molar-refractivity contribution in [3.8, 4) is 0 Å². The van der Waals surface area contributed by atoms with Gasteiger partial charge in [0, 0.05) is 42.8 Å². The van der Waals surface area contributed by atoms with E-state index in [1.807, 2.05) is 29.8 Å². The van der Waals surface area contributed by atoms with Crippen LogP contribution in [-0.4, -0.2) is 47.9 Å². The highest BCUT2D eigenvalue weighted by Crippen LogP contribution is 2.34. The smallest absolute Gasteiger partial charge is 0.259 e. The van der Waals surface area contributed by atoms with Crippen molar-refractivity contribution in [2.75, 3.05) is 36.5 Å². The number of hydrogen-bond donors (Lipinski definition) is 1. The molecule has 1 N–H and O–H groups in total. The van der Waals surface area contributed by atoms with Crippen molar-refractivity contribution in [3.05, 3.63) is 64.8 Å². The van der Waals surface area contributed by atoms with Crippen LogP contribution < -0.4 is 10.2 Å². The first kappa shape index (κ1) is 18.0. The molecular formula is C21H19N5O2S. The van der Waals surface area contributed by atoms with Gasteiger partial charge in [-0.05, 0) is 23.8 Å². The summed E-state index contributed by atoms with van der Waals surface area (Å²) in [4.78, 5) is 28.6. The average molecular weight is 405 g/mol. The Balaban J connectivity index is 1.48. The first-order chi connectivity index (χ1) is 14.3. The third kappa shape index (κ3) is 3.52. The first-order valence-corrected chi connectivity index (χ1v) is 10.4. The summed E-state index contributed by atoms with van der Waals surface area (Å²) in [7, 11) is 0. The number of para-hydroxylation sites is 1. The Kier molecular flexibility index (Phi) is 4.79. The molecule has 29 heavy (non-hydrogen) atoms. The van der Waals surface area contributed by atoms with Crippen LogP contribution in [0.4, 0.5) is 16.6 Å². The Morgan fingerprint density at radius 2 is 2.00 bits per heavy atom. The van der Waals surface area contributed by atoms with Crippen molar-refractivity contribution in [2.24, 2.45) is 4.99 Å². The molecule has 0 bridgehead atoms. The lowest BCUT2D eigenvalue weighted by Crippen LogP contribution is -2.37. The number of amides is 1. The number of hydrogen-bond acceptors (Lipinski definition) is 7. The Labute approximate surface area is 172 Å². The van der Waals surface area contributed by atoms with Gasteiger partial charge in [0.1, 0.15) is 5.82 Å². The maximum atomic E-state index is 12.8. The fraction of sp³-hybridized carbons (Fsp3) is 0.238. The molecule has 0 spiro atoms. The van der Waals surface area contributed by atoms with Gasteiger partial charge in [-0.3, -0.25) is 15.1 Å². The highest BCUT2D eigenvalue weighted by Gasteiger charge is 2.25. The number of aliphatic imine (C=N–C) groups is 1. The van der Waals surface area contributed by atoms with Crippen LogP contribution >= 0.6 is 11.3 Å². The molecule has 0 saturated carbocycles. The molecule has 2 aliphatic rings. The summed E-state index contributed by atoms with van der Waals surface area (Å²) >= 11 is 1.39. The van der Waals surface area contributed by atoms with Crippen LogP contribution in [-0.2, 0) is 11.2 Å². The molecule has 1 amide bonds. The molecular weight excluding hydrogens is 386 g/mol. The predicted octanol–water partition coefficient (Wildman–Crippen LogP) is 3.30. The van der Waals surface area contributed by atoms with E-state index in [1.165, 1.54) is 11.3 Å². The minimum Gasteiger partial charge on any atom is -0.378 e. The van der Waals surface area contributed by atoms with E-state index < -0.39 is 0 Å². The topological polar surface area (TPSA) is 79.7 Å². The van der Waals surface area contributed by atoms with E-state index >= 15 is 0 Å². The summed E-state index contributed by atoms with van der Waals surface area (Å²) in [6, 6.07) is 9.72. The van der Waals surface area contributed by atoms with E-state index in [2.05, 4.69) is 26.3 Å². The largest absolute Gasteiger partial charge is 0.378 e. The number of fused-ring (bicyclic) bond motifs is 1. The van der Waals surface area contributed by atoms with Gasteiger partial charge in [-0.25, -0.2) is 9.97 Å². The molecule has 4 heterocycles. The number of carbonyl (C=O) groups is 1. The molecule has 1 saturated heterocycles. The Bertz CT molecular complexity index is 1070. The highest BCUT2D eigenvalue weighted by atomic mass is 32.1. The molecule has 5 rings (SSSR count). The molecule has 7 nitrogen and oxygen atoms in total. The van der Waals surface area contributed by atoms with E-state index in [4.69, 9.17) is 9.73 Å². The number of ether oxygens (including phenoxy) is 1. The van der Waals surface area contributed by atoms with Gasteiger partial charge in [0.25, 0.3) is 5.91 Å². The number of thiazole rings is 1. The van der Waals surface area contributed by atoms with E-state index in [9.17, 15) is 4.79 Å². The zero-order valence-electron chi connectivity index (χ0n) is 15.7. The van der Waals surface area contributed by atoms with Gasteiger partial charge in [-0.2, -0.15) is 0 Å². The summed E-state index contributed by atoms with van der Waals surface area (Å²) in [5.41, 5.74) is 4.28. The van der Waals surface area contributed by atoms with Crippen LogP contribution in [0.1, 0.15) is 21.5 Å². The fourth-order valence-corrected chi connectivity index (χ4v) is 4.18. The summed E-state index contributed by atoms with van der Waals surface area (Å²) < 4.78 is 5.47. The lowest BCUT2D eigenvalue weighted by molar-refractivity contribution is 0.102. The highest BCUT2D eigenvalue weighted by molar-refractivity contribution is 7.13. The van der Waals surface area contributed by atoms with Gasteiger partial charge in [0.05, 0.1) is 30.2 Å². The first-order valence-electron chi connectivity index (χ1n) is 9.48. The van der Waals surface area contributed by atoms with Gasteiger partial charge in [-0.1, -0.05) is 12.1 Å². The number of morpholine rings is 1. The standard InChI is InChI=1S/C21H19N5O2S/c27-20(25-21-23-7-12-29-21)16-4-1-3-14-13-17(24-18(14)16)15-5-2-6-22-19(15)26-8-10-28-11-9-26/h1-7,12H,8-11,13H2,(H,23,25,27). The van der Waals surface area contributed by atoms with Crippen LogP contribution in [0.5, 0.6) is 0 Å². The van der Waals surface area contributed by atoms with Gasteiger partial charge in [0.15, 0.2) is 5.13 Å². The lowest BCUT2D eigenvalue weighted by Gasteiger charge is -2.29. The van der Waals surface area contributed by atoms with Crippen molar-refractivity contribution in [3.63, 3.8) is 0 Å². The van der Waals surface area contributed by atoms with Gasteiger partial charge >= 0.3 is 0 Å². The zero-order valence-corrected chi connectivity index (χ0v) is 16.5. The van der Waals surface area contributed by atoms with Crippen LogP contribution in [0.3, 0.4) is 0 Å². The van der Waals surface area contributed by atoms with Gasteiger partial charge in [-0.15, -0.1) is 11.3 Å². The number of benzene rings is 1. The summed E-state index contributed by atoms with van der Waals surface area (Å²) in [5.74, 6) is 0.734. The molecule has 0 atom stereocenters. The molecule has 3 aromatic rings. The molecule has 8 heteroatoms. The van der Waals surface area contributed by atoms with Crippen molar-refractivity contribution < 1.29 is 9.53 Å². The van der Waals surface area contributed by atoms with Crippen LogP contribution in [0, 0.1) is 0 Å². The zero-order chi connectivity index (χ0) is 19.6. The van der Waals surface area contributed by atoms with E-state index in [1.54, 1.807) is 12.3 Å². The number of aromatic nitrogens is 2. The molecule has 0 aliphatic carbocycles. The molecule has 2 aromatic heterocycles. The molecule has 1 fully saturated rings. The minimum atomic E-state index is -0.193. The third-order valence-electron chi connectivity index (χ3n) is 5.03. The van der Waals surface area contributed by atoms with E-state index in [0.29, 0.717) is 30.3 Å². The fourth-order valence-electron chi connectivity index (χ4n) is 3.66. The minimum absolute atomic E-state index is 0.193. The average Bonchev–Trinajstić information content (AvgIpc) is 3.43. The number of pyridine rings is 1. The molecule has 1 aromatic carbocycles. The second-order valence-electron chi connectivity index (χ2n) is 6.81. The van der Waals surface area contributed by atoms with Gasteiger partial charge in [0.2, 0.25) is 0 Å². The quantitative estimate of drug-likeness (QED) is 0.720. The Morgan fingerprint density at radius 1 is 1.10 bits per heavy atom. The summed E-state index contributed by atoms with van der Waals surface area (Å²) in [5, 5.41) is 5.26. The molecule has 146 valence electrons. The normalized spacial score (nSPS) is 15.7. The van der Waals surface area contributed by atoms with Crippen molar-refractivity contribution in [1.29, 1.82) is 0 Å². The monoisotopic (exact) mass is 405 g/mol. The van der Waals surface area contributed by atoms with Gasteiger partial charge < -0.3 is 9.64 Å². The van der Waals surface area contributed by atoms with Crippen LogP contribution in [0.15, 0.2) is 53.1 Å². The predicted molar refractivity (Wildman–Crippen MR) is 114 cm³/mol. The summed E-state index contributed by atoms with van der Waals surface area (Å²) in [6.07, 6.45) is 4.15. The van der Waals surface area contributed by atoms with Crippen molar-refractivity contribution >= 4 is 39.6 Å². The van der Waals surface area contributed by atoms with Crippen LogP contribution in [0.25, 0.3) is 0 Å². The van der Waals surface area contributed by atoms with Crippen molar-refractivity contribution in [2.45, 2.75) is 6.42 Å². The number of nitrogens with one attached hydrogen (secondary N) is 1. The Morgan fingerprint density at radius 3 is 2.83 bits per heavy atom.